The van der Waals surface area contributed by atoms with Crippen LogP contribution in [0.5, 0.6) is 0 Å². The maximum atomic E-state index is 5.57. The standard InChI is InChI=1S/C19H40O3/c1-3-5-7-8-9-10-11-13-15-21-17-19-22-18-16-20-14-12-6-4-2/h3-19H2,1-2H3. The third-order valence-corrected chi connectivity index (χ3v) is 3.78. The van der Waals surface area contributed by atoms with Gasteiger partial charge in [0, 0.05) is 13.2 Å². The molecule has 0 bridgehead atoms. The lowest BCUT2D eigenvalue weighted by molar-refractivity contribution is 0.0133. The number of unbranched alkanes of at least 4 members (excludes halogenated alkanes) is 9. The van der Waals surface area contributed by atoms with E-state index in [4.69, 9.17) is 14.2 Å². The lowest BCUT2D eigenvalue weighted by Gasteiger charge is -2.07. The summed E-state index contributed by atoms with van der Waals surface area (Å²) in [5, 5.41) is 0. The quantitative estimate of drug-likeness (QED) is 0.300. The highest BCUT2D eigenvalue weighted by molar-refractivity contribution is 4.46. The van der Waals surface area contributed by atoms with Gasteiger partial charge in [0.1, 0.15) is 0 Å². The molecule has 0 atom stereocenters. The summed E-state index contributed by atoms with van der Waals surface area (Å²) in [7, 11) is 0. The monoisotopic (exact) mass is 316 g/mol. The SMILES string of the molecule is CCCCCCCCCCOCCOCCOCCCCC. The fraction of sp³-hybridized carbons (Fsp3) is 1.00. The molecule has 0 aromatic rings. The molecule has 0 spiro atoms. The molecule has 0 fully saturated rings. The van der Waals surface area contributed by atoms with Crippen molar-refractivity contribution in [1.82, 2.24) is 0 Å². The van der Waals surface area contributed by atoms with Gasteiger partial charge in [-0.1, -0.05) is 71.6 Å². The molecule has 0 aromatic carbocycles. The van der Waals surface area contributed by atoms with Crippen LogP contribution in [0.1, 0.15) is 84.5 Å². The van der Waals surface area contributed by atoms with Gasteiger partial charge in [0.25, 0.3) is 0 Å². The van der Waals surface area contributed by atoms with Crippen LogP contribution in [0, 0.1) is 0 Å². The fourth-order valence-electron chi connectivity index (χ4n) is 2.33. The lowest BCUT2D eigenvalue weighted by Crippen LogP contribution is -2.10. The van der Waals surface area contributed by atoms with Crippen LogP contribution in [0.2, 0.25) is 0 Å². The van der Waals surface area contributed by atoms with Gasteiger partial charge in [-0.15, -0.1) is 0 Å². The molecule has 0 aliphatic heterocycles. The zero-order valence-electron chi connectivity index (χ0n) is 15.2. The summed E-state index contributed by atoms with van der Waals surface area (Å²) in [5.41, 5.74) is 0. The van der Waals surface area contributed by atoms with E-state index in [9.17, 15) is 0 Å². The maximum absolute atomic E-state index is 5.57. The molecule has 0 amide bonds. The molecule has 0 saturated heterocycles. The highest BCUT2D eigenvalue weighted by Crippen LogP contribution is 2.08. The topological polar surface area (TPSA) is 27.7 Å². The van der Waals surface area contributed by atoms with E-state index in [1.165, 1.54) is 64.2 Å². The van der Waals surface area contributed by atoms with Crippen molar-refractivity contribution in [3.8, 4) is 0 Å². The smallest absolute Gasteiger partial charge is 0.0701 e. The summed E-state index contributed by atoms with van der Waals surface area (Å²) in [6.07, 6.45) is 14.5. The van der Waals surface area contributed by atoms with E-state index in [2.05, 4.69) is 13.8 Å². The average Bonchev–Trinajstić information content (AvgIpc) is 2.54. The molecule has 0 unspecified atom stereocenters. The zero-order chi connectivity index (χ0) is 16.1. The van der Waals surface area contributed by atoms with Crippen LogP contribution in [0.15, 0.2) is 0 Å². The maximum Gasteiger partial charge on any atom is 0.0701 e. The summed E-state index contributed by atoms with van der Waals surface area (Å²) in [6.45, 7) is 9.02. The summed E-state index contributed by atoms with van der Waals surface area (Å²) in [4.78, 5) is 0. The van der Waals surface area contributed by atoms with Gasteiger partial charge in [0.05, 0.1) is 26.4 Å². The van der Waals surface area contributed by atoms with Crippen LogP contribution in [0.3, 0.4) is 0 Å². The molecule has 3 nitrogen and oxygen atoms in total. The number of hydrogen-bond acceptors (Lipinski definition) is 3. The minimum Gasteiger partial charge on any atom is -0.379 e. The highest BCUT2D eigenvalue weighted by Gasteiger charge is 1.94. The van der Waals surface area contributed by atoms with Crippen molar-refractivity contribution >= 4 is 0 Å². The Kier molecular flexibility index (Phi) is 20.8. The third-order valence-electron chi connectivity index (χ3n) is 3.78. The van der Waals surface area contributed by atoms with Crippen molar-refractivity contribution in [3.05, 3.63) is 0 Å². The average molecular weight is 317 g/mol. The Balaban J connectivity index is 2.91. The number of hydrogen-bond donors (Lipinski definition) is 0. The second kappa shape index (κ2) is 20.9. The van der Waals surface area contributed by atoms with Gasteiger partial charge in [0.15, 0.2) is 0 Å². The van der Waals surface area contributed by atoms with Crippen LogP contribution >= 0.6 is 0 Å². The molecule has 0 N–H and O–H groups in total. The second-order valence-corrected chi connectivity index (χ2v) is 6.02. The van der Waals surface area contributed by atoms with E-state index in [1.54, 1.807) is 0 Å². The Morgan fingerprint density at radius 3 is 1.18 bits per heavy atom. The molecule has 0 aliphatic rings. The Morgan fingerprint density at radius 1 is 0.364 bits per heavy atom. The molecule has 134 valence electrons. The van der Waals surface area contributed by atoms with Gasteiger partial charge in [-0.25, -0.2) is 0 Å². The largest absolute Gasteiger partial charge is 0.379 e. The minimum absolute atomic E-state index is 0.688. The second-order valence-electron chi connectivity index (χ2n) is 6.02. The van der Waals surface area contributed by atoms with Crippen LogP contribution in [0.25, 0.3) is 0 Å². The van der Waals surface area contributed by atoms with Crippen molar-refractivity contribution in [1.29, 1.82) is 0 Å². The van der Waals surface area contributed by atoms with Gasteiger partial charge in [0.2, 0.25) is 0 Å². The van der Waals surface area contributed by atoms with E-state index < -0.39 is 0 Å². The molecule has 3 heteroatoms. The van der Waals surface area contributed by atoms with E-state index in [0.717, 1.165) is 19.6 Å². The Bertz CT molecular complexity index is 166. The number of rotatable bonds is 19. The van der Waals surface area contributed by atoms with Gasteiger partial charge in [-0.05, 0) is 12.8 Å². The first kappa shape index (κ1) is 21.9. The summed E-state index contributed by atoms with van der Waals surface area (Å²) in [6, 6.07) is 0. The first-order valence-electron chi connectivity index (χ1n) is 9.65. The minimum atomic E-state index is 0.688. The molecule has 0 heterocycles. The van der Waals surface area contributed by atoms with E-state index in [-0.39, 0.29) is 0 Å². The first-order valence-corrected chi connectivity index (χ1v) is 9.65. The lowest BCUT2D eigenvalue weighted by atomic mass is 10.1. The molecule has 0 rings (SSSR count). The molecule has 22 heavy (non-hydrogen) atoms. The summed E-state index contributed by atoms with van der Waals surface area (Å²) >= 11 is 0. The van der Waals surface area contributed by atoms with Crippen molar-refractivity contribution in [3.63, 3.8) is 0 Å². The highest BCUT2D eigenvalue weighted by atomic mass is 16.5. The van der Waals surface area contributed by atoms with E-state index in [0.29, 0.717) is 26.4 Å². The van der Waals surface area contributed by atoms with Gasteiger partial charge in [-0.3, -0.25) is 0 Å². The molecular weight excluding hydrogens is 276 g/mol. The van der Waals surface area contributed by atoms with Crippen LogP contribution < -0.4 is 0 Å². The molecular formula is C19H40O3. The summed E-state index contributed by atoms with van der Waals surface area (Å²) < 4.78 is 16.5. The first-order chi connectivity index (χ1) is 10.9. The van der Waals surface area contributed by atoms with Gasteiger partial charge >= 0.3 is 0 Å². The van der Waals surface area contributed by atoms with Crippen LogP contribution in [-0.4, -0.2) is 39.6 Å². The Morgan fingerprint density at radius 2 is 0.682 bits per heavy atom. The summed E-state index contributed by atoms with van der Waals surface area (Å²) in [5.74, 6) is 0. The van der Waals surface area contributed by atoms with Gasteiger partial charge in [-0.2, -0.15) is 0 Å². The molecule has 0 saturated carbocycles. The van der Waals surface area contributed by atoms with Crippen molar-refractivity contribution in [2.24, 2.45) is 0 Å². The van der Waals surface area contributed by atoms with Crippen LogP contribution in [-0.2, 0) is 14.2 Å². The Hall–Kier alpha value is -0.120. The van der Waals surface area contributed by atoms with Gasteiger partial charge < -0.3 is 14.2 Å². The van der Waals surface area contributed by atoms with Crippen molar-refractivity contribution in [2.75, 3.05) is 39.6 Å². The third kappa shape index (κ3) is 19.9. The molecule has 0 radical (unpaired) electrons. The Labute approximate surface area is 139 Å². The molecule has 0 aromatic heterocycles. The van der Waals surface area contributed by atoms with Crippen molar-refractivity contribution in [2.45, 2.75) is 84.5 Å². The fourth-order valence-corrected chi connectivity index (χ4v) is 2.33. The zero-order valence-corrected chi connectivity index (χ0v) is 15.2. The predicted molar refractivity (Wildman–Crippen MR) is 94.6 cm³/mol. The van der Waals surface area contributed by atoms with E-state index in [1.807, 2.05) is 0 Å². The van der Waals surface area contributed by atoms with Crippen LogP contribution in [0.4, 0.5) is 0 Å². The number of ether oxygens (including phenoxy) is 3. The normalized spacial score (nSPS) is 11.2. The molecule has 0 aliphatic carbocycles. The van der Waals surface area contributed by atoms with E-state index >= 15 is 0 Å². The van der Waals surface area contributed by atoms with Crippen molar-refractivity contribution < 1.29 is 14.2 Å². The predicted octanol–water partition coefficient (Wildman–Crippen LogP) is 5.37.